The van der Waals surface area contributed by atoms with E-state index in [9.17, 15) is 22.4 Å². The number of hydrogen-bond acceptors (Lipinski definition) is 7. The van der Waals surface area contributed by atoms with Gasteiger partial charge in [0.25, 0.3) is 21.8 Å². The molecule has 0 aromatic heterocycles. The number of rotatable bonds is 12. The van der Waals surface area contributed by atoms with E-state index < -0.39 is 34.2 Å². The maximum atomic E-state index is 13.5. The Morgan fingerprint density at radius 3 is 2.12 bits per heavy atom. The number of aryl methyl sites for hydroxylation is 1. The molecule has 0 aliphatic heterocycles. The molecule has 4 aromatic rings. The van der Waals surface area contributed by atoms with Gasteiger partial charge in [-0.25, -0.2) is 18.2 Å². The van der Waals surface area contributed by atoms with Crippen LogP contribution in [0.2, 0.25) is 0 Å². The van der Waals surface area contributed by atoms with Gasteiger partial charge in [-0.05, 0) is 97.4 Å². The molecule has 2 N–H and O–H groups in total. The van der Waals surface area contributed by atoms with Crippen LogP contribution in [0.4, 0.5) is 15.8 Å². The van der Waals surface area contributed by atoms with E-state index in [1.807, 2.05) is 6.92 Å². The Hall–Kier alpha value is -5.23. The van der Waals surface area contributed by atoms with Gasteiger partial charge in [0, 0.05) is 5.69 Å². The van der Waals surface area contributed by atoms with E-state index in [1.165, 1.54) is 49.7 Å². The van der Waals surface area contributed by atoms with Gasteiger partial charge in [-0.15, -0.1) is 0 Å². The number of nitrogens with one attached hydrogen (secondary N) is 2. The number of benzene rings is 4. The van der Waals surface area contributed by atoms with Crippen LogP contribution in [0.1, 0.15) is 11.1 Å². The first kappa shape index (κ1) is 30.7. The van der Waals surface area contributed by atoms with E-state index in [0.717, 1.165) is 9.87 Å². The quantitative estimate of drug-likeness (QED) is 0.181. The Balaban J connectivity index is 1.35. The smallest absolute Gasteiger partial charge is 0.264 e. The van der Waals surface area contributed by atoms with Gasteiger partial charge in [-0.2, -0.15) is 5.10 Å². The molecule has 43 heavy (non-hydrogen) atoms. The van der Waals surface area contributed by atoms with Crippen molar-refractivity contribution in [3.8, 4) is 11.5 Å². The molecule has 0 unspecified atom stereocenters. The molecule has 2 amide bonds. The van der Waals surface area contributed by atoms with Crippen LogP contribution in [0.5, 0.6) is 11.5 Å². The molecule has 12 heteroatoms. The second-order valence-corrected chi connectivity index (χ2v) is 11.1. The Morgan fingerprint density at radius 1 is 0.860 bits per heavy atom. The number of sulfonamides is 1. The molecule has 0 fully saturated rings. The van der Waals surface area contributed by atoms with Crippen molar-refractivity contribution in [3.63, 3.8) is 0 Å². The number of carbonyl (C=O) groups is 2. The summed E-state index contributed by atoms with van der Waals surface area (Å²) in [5.41, 5.74) is 4.60. The minimum Gasteiger partial charge on any atom is -0.497 e. The van der Waals surface area contributed by atoms with Gasteiger partial charge in [-0.3, -0.25) is 13.9 Å². The number of ether oxygens (including phenoxy) is 2. The highest BCUT2D eigenvalue weighted by Crippen LogP contribution is 2.26. The predicted octanol–water partition coefficient (Wildman–Crippen LogP) is 4.51. The van der Waals surface area contributed by atoms with E-state index >= 15 is 0 Å². The van der Waals surface area contributed by atoms with E-state index in [-0.39, 0.29) is 17.2 Å². The summed E-state index contributed by atoms with van der Waals surface area (Å²) in [5, 5.41) is 6.54. The Bertz CT molecular complexity index is 1680. The van der Waals surface area contributed by atoms with Crippen LogP contribution < -0.4 is 24.5 Å². The van der Waals surface area contributed by atoms with Gasteiger partial charge < -0.3 is 14.8 Å². The van der Waals surface area contributed by atoms with Crippen LogP contribution in [-0.4, -0.2) is 46.7 Å². The fourth-order valence-corrected chi connectivity index (χ4v) is 5.20. The van der Waals surface area contributed by atoms with Crippen molar-refractivity contribution in [1.82, 2.24) is 5.43 Å². The summed E-state index contributed by atoms with van der Waals surface area (Å²) in [6.07, 6.45) is 1.38. The number of anilines is 2. The van der Waals surface area contributed by atoms with Crippen LogP contribution in [0.25, 0.3) is 0 Å². The molecule has 0 spiro atoms. The van der Waals surface area contributed by atoms with Crippen molar-refractivity contribution in [2.75, 3.05) is 29.9 Å². The topological polar surface area (TPSA) is 126 Å². The maximum Gasteiger partial charge on any atom is 0.264 e. The number of nitrogens with zero attached hydrogens (tertiary/aromatic N) is 2. The third kappa shape index (κ3) is 8.63. The van der Waals surface area contributed by atoms with E-state index in [4.69, 9.17) is 9.47 Å². The van der Waals surface area contributed by atoms with Gasteiger partial charge in [0.1, 0.15) is 23.9 Å². The fraction of sp³-hybridized carbons (Fsp3) is 0.129. The average Bonchev–Trinajstić information content (AvgIpc) is 3.01. The Kier molecular flexibility index (Phi) is 10.1. The third-order valence-corrected chi connectivity index (χ3v) is 7.83. The Labute approximate surface area is 248 Å². The standard InChI is InChI=1S/C31H29FN4O6S/c1-22-3-17-29(18-4-22)43(39,40)36(26-11-15-27(41-2)16-12-26)20-30(37)35-33-19-23-5-13-28(14-6-23)42-21-31(38)34-25-9-7-24(32)8-10-25/h3-19H,20-21H2,1-2H3,(H,34,38)(H,35,37)/b33-19-. The molecule has 0 saturated heterocycles. The number of halogens is 1. The largest absolute Gasteiger partial charge is 0.497 e. The molecular weight excluding hydrogens is 575 g/mol. The lowest BCUT2D eigenvalue weighted by Gasteiger charge is -2.24. The van der Waals surface area contributed by atoms with Crippen LogP contribution in [-0.2, 0) is 19.6 Å². The summed E-state index contributed by atoms with van der Waals surface area (Å²) in [4.78, 5) is 24.9. The second kappa shape index (κ2) is 14.1. The molecule has 0 atom stereocenters. The molecule has 4 rings (SSSR count). The van der Waals surface area contributed by atoms with Gasteiger partial charge in [0.05, 0.1) is 23.9 Å². The zero-order chi connectivity index (χ0) is 30.8. The third-order valence-electron chi connectivity index (χ3n) is 6.04. The average molecular weight is 605 g/mol. The van der Waals surface area contributed by atoms with E-state index in [2.05, 4.69) is 15.8 Å². The number of methoxy groups -OCH3 is 1. The summed E-state index contributed by atoms with van der Waals surface area (Å²) in [6, 6.07) is 24.6. The van der Waals surface area contributed by atoms with Crippen molar-refractivity contribution in [1.29, 1.82) is 0 Å². The fourth-order valence-electron chi connectivity index (χ4n) is 3.77. The highest BCUT2D eigenvalue weighted by Gasteiger charge is 2.27. The Morgan fingerprint density at radius 2 is 1.49 bits per heavy atom. The highest BCUT2D eigenvalue weighted by atomic mass is 32.2. The minimum atomic E-state index is -4.08. The van der Waals surface area contributed by atoms with Gasteiger partial charge in [0.2, 0.25) is 0 Å². The highest BCUT2D eigenvalue weighted by molar-refractivity contribution is 7.92. The van der Waals surface area contributed by atoms with Gasteiger partial charge in [0.15, 0.2) is 6.61 Å². The zero-order valence-corrected chi connectivity index (χ0v) is 24.2. The maximum absolute atomic E-state index is 13.5. The lowest BCUT2D eigenvalue weighted by molar-refractivity contribution is -0.119. The summed E-state index contributed by atoms with van der Waals surface area (Å²) in [6.45, 7) is 1.07. The van der Waals surface area contributed by atoms with Crippen molar-refractivity contribution in [2.24, 2.45) is 5.10 Å². The number of carbonyl (C=O) groups excluding carboxylic acids is 2. The van der Waals surface area contributed by atoms with Crippen LogP contribution in [0.15, 0.2) is 107 Å². The zero-order valence-electron chi connectivity index (χ0n) is 23.4. The van der Waals surface area contributed by atoms with Gasteiger partial charge >= 0.3 is 0 Å². The SMILES string of the molecule is COc1ccc(N(CC(=O)N/N=C\c2ccc(OCC(=O)Nc3ccc(F)cc3)cc2)S(=O)(=O)c2ccc(C)cc2)cc1. The summed E-state index contributed by atoms with van der Waals surface area (Å²) >= 11 is 0. The minimum absolute atomic E-state index is 0.0421. The van der Waals surface area contributed by atoms with Gasteiger partial charge in [-0.1, -0.05) is 17.7 Å². The van der Waals surface area contributed by atoms with Crippen molar-refractivity contribution < 1.29 is 31.9 Å². The lowest BCUT2D eigenvalue weighted by atomic mass is 10.2. The molecule has 0 aliphatic carbocycles. The molecule has 0 bridgehead atoms. The number of hydrazone groups is 1. The first-order valence-electron chi connectivity index (χ1n) is 13.0. The monoisotopic (exact) mass is 604 g/mol. The first-order valence-corrected chi connectivity index (χ1v) is 14.4. The van der Waals surface area contributed by atoms with Crippen molar-refractivity contribution in [2.45, 2.75) is 11.8 Å². The number of hydrogen-bond donors (Lipinski definition) is 2. The second-order valence-electron chi connectivity index (χ2n) is 9.23. The summed E-state index contributed by atoms with van der Waals surface area (Å²) < 4.78 is 51.6. The van der Waals surface area contributed by atoms with Crippen molar-refractivity contribution in [3.05, 3.63) is 114 Å². The lowest BCUT2D eigenvalue weighted by Crippen LogP contribution is -2.39. The van der Waals surface area contributed by atoms with Crippen LogP contribution >= 0.6 is 0 Å². The molecule has 4 aromatic carbocycles. The summed E-state index contributed by atoms with van der Waals surface area (Å²) in [5.74, 6) is -0.510. The van der Waals surface area contributed by atoms with Crippen LogP contribution in [0, 0.1) is 12.7 Å². The molecule has 0 saturated carbocycles. The number of amides is 2. The molecule has 0 radical (unpaired) electrons. The molecule has 0 aliphatic rings. The first-order chi connectivity index (χ1) is 20.6. The normalized spacial score (nSPS) is 11.1. The van der Waals surface area contributed by atoms with Crippen molar-refractivity contribution >= 4 is 39.4 Å². The van der Waals surface area contributed by atoms with Crippen LogP contribution in [0.3, 0.4) is 0 Å². The summed E-state index contributed by atoms with van der Waals surface area (Å²) in [7, 11) is -2.58. The molecule has 10 nitrogen and oxygen atoms in total. The molecular formula is C31H29FN4O6S. The molecule has 222 valence electrons. The predicted molar refractivity (Wildman–Crippen MR) is 161 cm³/mol. The molecule has 0 heterocycles. The van der Waals surface area contributed by atoms with E-state index in [1.54, 1.807) is 60.7 Å². The van der Waals surface area contributed by atoms with E-state index in [0.29, 0.717) is 22.7 Å².